The Bertz CT molecular complexity index is 1380. The van der Waals surface area contributed by atoms with Crippen molar-refractivity contribution >= 4 is 34.2 Å². The number of carbonyl (C=O) groups is 2. The number of nitrogens with one attached hydrogen (secondary N) is 1. The molecule has 1 aliphatic rings. The van der Waals surface area contributed by atoms with Gasteiger partial charge in [0.25, 0.3) is 5.91 Å². The van der Waals surface area contributed by atoms with Gasteiger partial charge >= 0.3 is 0 Å². The number of aromatic nitrogens is 2. The van der Waals surface area contributed by atoms with Gasteiger partial charge < -0.3 is 14.6 Å². The van der Waals surface area contributed by atoms with E-state index in [0.29, 0.717) is 17.1 Å². The number of imidazole rings is 1. The summed E-state index contributed by atoms with van der Waals surface area (Å²) in [6.07, 6.45) is 1.07. The van der Waals surface area contributed by atoms with Crippen molar-refractivity contribution in [3.63, 3.8) is 0 Å². The summed E-state index contributed by atoms with van der Waals surface area (Å²) in [6.45, 7) is 4.64. The highest BCUT2D eigenvalue weighted by molar-refractivity contribution is 6.06. The van der Waals surface area contributed by atoms with Crippen molar-refractivity contribution in [1.82, 2.24) is 9.55 Å². The third-order valence-corrected chi connectivity index (χ3v) is 6.30. The molecular weight excluding hydrogens is 440 g/mol. The molecule has 5 rings (SSSR count). The van der Waals surface area contributed by atoms with Crippen molar-refractivity contribution in [3.05, 3.63) is 84.2 Å². The number of amides is 2. The first-order valence-corrected chi connectivity index (χ1v) is 11.9. The molecule has 0 saturated carbocycles. The van der Waals surface area contributed by atoms with E-state index in [9.17, 15) is 9.59 Å². The Labute approximate surface area is 204 Å². The molecule has 2 heterocycles. The lowest BCUT2D eigenvalue weighted by molar-refractivity contribution is -0.127. The third kappa shape index (κ3) is 4.62. The number of rotatable bonds is 7. The minimum Gasteiger partial charge on any atom is -0.479 e. The number of ether oxygens (including phenoxy) is 1. The van der Waals surface area contributed by atoms with Gasteiger partial charge in [0.1, 0.15) is 18.1 Å². The fourth-order valence-corrected chi connectivity index (χ4v) is 4.55. The highest BCUT2D eigenvalue weighted by Crippen LogP contribution is 2.33. The van der Waals surface area contributed by atoms with Crippen LogP contribution < -0.4 is 15.0 Å². The maximum absolute atomic E-state index is 12.7. The molecule has 2 amide bonds. The van der Waals surface area contributed by atoms with Gasteiger partial charge in [-0.25, -0.2) is 4.98 Å². The summed E-state index contributed by atoms with van der Waals surface area (Å²) in [4.78, 5) is 31.6. The van der Waals surface area contributed by atoms with E-state index in [0.717, 1.165) is 30.7 Å². The zero-order chi connectivity index (χ0) is 24.4. The number of benzene rings is 3. The van der Waals surface area contributed by atoms with Gasteiger partial charge in [-0.2, -0.15) is 0 Å². The number of nitrogens with zero attached hydrogens (tertiary/aromatic N) is 3. The largest absolute Gasteiger partial charge is 0.479 e. The zero-order valence-electron chi connectivity index (χ0n) is 19.9. The lowest BCUT2D eigenvalue weighted by atomic mass is 10.1. The van der Waals surface area contributed by atoms with Crippen LogP contribution in [0.25, 0.3) is 11.0 Å². The van der Waals surface area contributed by atoms with Crippen LogP contribution in [-0.2, 0) is 29.0 Å². The summed E-state index contributed by atoms with van der Waals surface area (Å²) in [7, 11) is 0. The van der Waals surface area contributed by atoms with E-state index in [1.54, 1.807) is 19.1 Å². The van der Waals surface area contributed by atoms with Crippen molar-refractivity contribution in [3.8, 4) is 5.75 Å². The molecule has 1 atom stereocenters. The number of hydrogen-bond donors (Lipinski definition) is 1. The summed E-state index contributed by atoms with van der Waals surface area (Å²) >= 11 is 0. The van der Waals surface area contributed by atoms with Crippen LogP contribution in [0.2, 0.25) is 0 Å². The van der Waals surface area contributed by atoms with Gasteiger partial charge in [0.15, 0.2) is 6.10 Å². The normalized spacial score (nSPS) is 15.1. The number of fused-ring (bicyclic) bond motifs is 2. The van der Waals surface area contributed by atoms with Gasteiger partial charge in [-0.1, -0.05) is 36.4 Å². The summed E-state index contributed by atoms with van der Waals surface area (Å²) in [5, 5.41) is 2.90. The molecule has 1 N–H and O–H groups in total. The van der Waals surface area contributed by atoms with E-state index >= 15 is 0 Å². The molecule has 0 unspecified atom stereocenters. The molecule has 7 nitrogen and oxygen atoms in total. The smallest absolute Gasteiger partial charge is 0.268 e. The molecule has 178 valence electrons. The monoisotopic (exact) mass is 468 g/mol. The molecule has 0 saturated heterocycles. The standard InChI is InChI=1S/C28H28N4O3/c1-3-31-23-9-5-4-8-22(23)30-26(31)17-14-20-12-15-21(16-13-20)29-27(33)18-32-24-10-6-7-11-25(24)35-19(2)28(32)34/h4-13,15-16,19H,3,14,17-18H2,1-2H3,(H,29,33)/t19-/m0/s1. The Hall–Kier alpha value is -4.13. The Balaban J connectivity index is 1.21. The van der Waals surface area contributed by atoms with Crippen molar-refractivity contribution in [1.29, 1.82) is 0 Å². The predicted octanol–water partition coefficient (Wildman–Crippen LogP) is 4.59. The zero-order valence-corrected chi connectivity index (χ0v) is 19.9. The second-order valence-electron chi connectivity index (χ2n) is 8.66. The topological polar surface area (TPSA) is 76.5 Å². The van der Waals surface area contributed by atoms with Gasteiger partial charge in [-0.05, 0) is 62.2 Å². The molecular formula is C28H28N4O3. The average molecular weight is 469 g/mol. The molecule has 3 aromatic carbocycles. The van der Waals surface area contributed by atoms with E-state index in [-0.39, 0.29) is 18.4 Å². The van der Waals surface area contributed by atoms with E-state index in [1.165, 1.54) is 16.0 Å². The molecule has 0 radical (unpaired) electrons. The molecule has 0 fully saturated rings. The summed E-state index contributed by atoms with van der Waals surface area (Å²) in [5.74, 6) is 1.20. The molecule has 1 aromatic heterocycles. The fraction of sp³-hybridized carbons (Fsp3) is 0.250. The highest BCUT2D eigenvalue weighted by atomic mass is 16.5. The predicted molar refractivity (Wildman–Crippen MR) is 137 cm³/mol. The van der Waals surface area contributed by atoms with Crippen LogP contribution in [0.1, 0.15) is 25.2 Å². The Morgan fingerprint density at radius 3 is 2.54 bits per heavy atom. The molecule has 4 aromatic rings. The number of para-hydroxylation sites is 4. The second kappa shape index (κ2) is 9.62. The molecule has 0 spiro atoms. The molecule has 7 heteroatoms. The minimum atomic E-state index is -0.627. The van der Waals surface area contributed by atoms with E-state index in [4.69, 9.17) is 9.72 Å². The van der Waals surface area contributed by atoms with E-state index in [2.05, 4.69) is 22.9 Å². The van der Waals surface area contributed by atoms with Crippen molar-refractivity contribution in [2.75, 3.05) is 16.8 Å². The van der Waals surface area contributed by atoms with Crippen LogP contribution in [0.4, 0.5) is 11.4 Å². The lowest BCUT2D eigenvalue weighted by Crippen LogP contribution is -2.47. The Morgan fingerprint density at radius 2 is 1.74 bits per heavy atom. The molecule has 0 bridgehead atoms. The fourth-order valence-electron chi connectivity index (χ4n) is 4.55. The van der Waals surface area contributed by atoms with Crippen LogP contribution in [0.5, 0.6) is 5.75 Å². The summed E-state index contributed by atoms with van der Waals surface area (Å²) in [5.41, 5.74) is 4.67. The summed E-state index contributed by atoms with van der Waals surface area (Å²) in [6, 6.07) is 23.3. The van der Waals surface area contributed by atoms with Gasteiger partial charge in [-0.3, -0.25) is 14.5 Å². The van der Waals surface area contributed by atoms with Crippen LogP contribution in [0.3, 0.4) is 0 Å². The highest BCUT2D eigenvalue weighted by Gasteiger charge is 2.32. The van der Waals surface area contributed by atoms with Gasteiger partial charge in [0.05, 0.1) is 16.7 Å². The first-order valence-electron chi connectivity index (χ1n) is 11.9. The molecule has 0 aliphatic carbocycles. The first kappa shape index (κ1) is 22.7. The van der Waals surface area contributed by atoms with Crippen molar-refractivity contribution in [2.24, 2.45) is 0 Å². The Kier molecular flexibility index (Phi) is 6.23. The summed E-state index contributed by atoms with van der Waals surface area (Å²) < 4.78 is 7.90. The van der Waals surface area contributed by atoms with Gasteiger partial charge in [0.2, 0.25) is 5.91 Å². The maximum atomic E-state index is 12.7. The van der Waals surface area contributed by atoms with Crippen molar-refractivity contribution in [2.45, 2.75) is 39.3 Å². The quantitative estimate of drug-likeness (QED) is 0.430. The average Bonchev–Trinajstić information content (AvgIpc) is 3.24. The van der Waals surface area contributed by atoms with Crippen LogP contribution in [0.15, 0.2) is 72.8 Å². The van der Waals surface area contributed by atoms with Gasteiger partial charge in [0, 0.05) is 18.7 Å². The molecule has 1 aliphatic heterocycles. The second-order valence-corrected chi connectivity index (χ2v) is 8.66. The van der Waals surface area contributed by atoms with Crippen LogP contribution in [-0.4, -0.2) is 34.0 Å². The number of hydrogen-bond acceptors (Lipinski definition) is 4. The first-order chi connectivity index (χ1) is 17.0. The van der Waals surface area contributed by atoms with Crippen LogP contribution >= 0.6 is 0 Å². The minimum absolute atomic E-state index is 0.0709. The van der Waals surface area contributed by atoms with E-state index in [1.807, 2.05) is 54.6 Å². The number of aryl methyl sites for hydroxylation is 3. The molecule has 35 heavy (non-hydrogen) atoms. The van der Waals surface area contributed by atoms with Crippen LogP contribution in [0, 0.1) is 0 Å². The SMILES string of the molecule is CCn1c(CCc2ccc(NC(=O)CN3C(=O)[C@H](C)Oc4ccccc43)cc2)nc2ccccc21. The Morgan fingerprint density at radius 1 is 1.00 bits per heavy atom. The number of carbonyl (C=O) groups excluding carboxylic acids is 2. The third-order valence-electron chi connectivity index (χ3n) is 6.30. The lowest BCUT2D eigenvalue weighted by Gasteiger charge is -2.32. The number of anilines is 2. The van der Waals surface area contributed by atoms with Crippen molar-refractivity contribution < 1.29 is 14.3 Å². The van der Waals surface area contributed by atoms with E-state index < -0.39 is 6.10 Å². The van der Waals surface area contributed by atoms with Gasteiger partial charge in [-0.15, -0.1) is 0 Å². The maximum Gasteiger partial charge on any atom is 0.268 e.